The zero-order chi connectivity index (χ0) is 21.7. The summed E-state index contributed by atoms with van der Waals surface area (Å²) in [6.45, 7) is 1.47. The fourth-order valence-electron chi connectivity index (χ4n) is 2.75. The van der Waals surface area contributed by atoms with Crippen molar-refractivity contribution in [3.05, 3.63) is 60.4 Å². The summed E-state index contributed by atoms with van der Waals surface area (Å²) in [6, 6.07) is 13.2. The topological polar surface area (TPSA) is 126 Å². The molecule has 0 aliphatic carbocycles. The number of hydrogen-bond acceptors (Lipinski definition) is 6. The fourth-order valence-corrected chi connectivity index (χ4v) is 2.75. The summed E-state index contributed by atoms with van der Waals surface area (Å²) in [4.78, 5) is 36.3. The minimum atomic E-state index is -0.958. The number of carbonyl (C=O) groups is 3. The number of carbonyl (C=O) groups excluding carboxylic acids is 3. The number of halogens is 1. The average molecular weight is 413 g/mol. The molecule has 4 N–H and O–H groups in total. The molecule has 10 heteroatoms. The zero-order valence-electron chi connectivity index (χ0n) is 16.0. The lowest BCUT2D eigenvalue weighted by Crippen LogP contribution is -2.49. The standard InChI is InChI=1S/C20H20FN5O4/c1-12(30-15-9-7-13(21)8-10-15)19(28)23-24-20(29)16-11-17(18(22)27)26(25-16)14-5-3-2-4-6-14/h2-10,12,17H,11H2,1H3,(H2,22,27)(H,23,28)(H,24,29)/t12-,17-/m0/s1. The van der Waals surface area contributed by atoms with Gasteiger partial charge >= 0.3 is 0 Å². The number of primary amides is 1. The van der Waals surface area contributed by atoms with Crippen LogP contribution >= 0.6 is 0 Å². The molecule has 2 atom stereocenters. The highest BCUT2D eigenvalue weighted by molar-refractivity contribution is 6.40. The second-order valence-corrected chi connectivity index (χ2v) is 6.51. The molecule has 1 heterocycles. The lowest BCUT2D eigenvalue weighted by atomic mass is 10.1. The molecule has 1 aliphatic heterocycles. The Morgan fingerprint density at radius 2 is 1.80 bits per heavy atom. The van der Waals surface area contributed by atoms with Crippen molar-refractivity contribution in [2.75, 3.05) is 5.01 Å². The predicted octanol–water partition coefficient (Wildman–Crippen LogP) is 0.861. The molecule has 3 amide bonds. The van der Waals surface area contributed by atoms with E-state index in [0.717, 1.165) is 0 Å². The Balaban J connectivity index is 1.59. The maximum Gasteiger partial charge on any atom is 0.285 e. The molecule has 2 aromatic carbocycles. The van der Waals surface area contributed by atoms with E-state index in [4.69, 9.17) is 10.5 Å². The maximum atomic E-state index is 12.9. The first kappa shape index (κ1) is 20.8. The first-order valence-corrected chi connectivity index (χ1v) is 9.08. The second kappa shape index (κ2) is 9.03. The lowest BCUT2D eigenvalue weighted by Gasteiger charge is -2.20. The molecule has 3 rings (SSSR count). The van der Waals surface area contributed by atoms with Gasteiger partial charge < -0.3 is 10.5 Å². The summed E-state index contributed by atoms with van der Waals surface area (Å²) >= 11 is 0. The Labute approximate surface area is 171 Å². The molecular weight excluding hydrogens is 393 g/mol. The first-order chi connectivity index (χ1) is 14.3. The molecule has 9 nitrogen and oxygen atoms in total. The van der Waals surface area contributed by atoms with Gasteiger partial charge in [-0.3, -0.25) is 30.2 Å². The predicted molar refractivity (Wildman–Crippen MR) is 107 cm³/mol. The van der Waals surface area contributed by atoms with Crippen LogP contribution in [0, 0.1) is 5.82 Å². The molecule has 0 saturated carbocycles. The summed E-state index contributed by atoms with van der Waals surface area (Å²) in [5.74, 6) is -2.06. The van der Waals surface area contributed by atoms with E-state index in [1.807, 2.05) is 0 Å². The number of rotatable bonds is 6. The number of para-hydroxylation sites is 1. The number of hydrazone groups is 1. The minimum absolute atomic E-state index is 0.00638. The Kier molecular flexibility index (Phi) is 6.26. The number of nitrogens with two attached hydrogens (primary N) is 1. The molecule has 0 fully saturated rings. The van der Waals surface area contributed by atoms with Crippen molar-refractivity contribution in [1.29, 1.82) is 0 Å². The molecule has 0 spiro atoms. The molecular formula is C20H20FN5O4. The maximum absolute atomic E-state index is 12.9. The van der Waals surface area contributed by atoms with Crippen LogP contribution in [0.3, 0.4) is 0 Å². The van der Waals surface area contributed by atoms with Gasteiger partial charge in [0.15, 0.2) is 6.10 Å². The van der Waals surface area contributed by atoms with Crippen molar-refractivity contribution in [2.24, 2.45) is 10.8 Å². The van der Waals surface area contributed by atoms with Crippen molar-refractivity contribution < 1.29 is 23.5 Å². The highest BCUT2D eigenvalue weighted by Gasteiger charge is 2.35. The fraction of sp³-hybridized carbons (Fsp3) is 0.200. The molecule has 0 aromatic heterocycles. The largest absolute Gasteiger partial charge is 0.481 e. The Morgan fingerprint density at radius 1 is 1.13 bits per heavy atom. The van der Waals surface area contributed by atoms with Gasteiger partial charge in [0.1, 0.15) is 23.3 Å². The number of ether oxygens (including phenoxy) is 1. The third kappa shape index (κ3) is 4.90. The van der Waals surface area contributed by atoms with Crippen LogP contribution in [0.2, 0.25) is 0 Å². The number of hydrogen-bond donors (Lipinski definition) is 3. The van der Waals surface area contributed by atoms with Gasteiger partial charge in [-0.05, 0) is 43.3 Å². The van der Waals surface area contributed by atoms with E-state index in [0.29, 0.717) is 11.4 Å². The summed E-state index contributed by atoms with van der Waals surface area (Å²) < 4.78 is 18.3. The molecule has 2 aromatic rings. The van der Waals surface area contributed by atoms with E-state index in [1.165, 1.54) is 36.2 Å². The van der Waals surface area contributed by atoms with Gasteiger partial charge in [0, 0.05) is 6.42 Å². The zero-order valence-corrected chi connectivity index (χ0v) is 16.0. The SMILES string of the molecule is C[C@H](Oc1ccc(F)cc1)C(=O)NNC(=O)C1=NN(c2ccccc2)[C@H](C(N)=O)C1. The number of amides is 3. The molecule has 1 aliphatic rings. The monoisotopic (exact) mass is 413 g/mol. The van der Waals surface area contributed by atoms with Crippen LogP contribution in [-0.2, 0) is 14.4 Å². The molecule has 0 bridgehead atoms. The number of hydrazine groups is 1. The highest BCUT2D eigenvalue weighted by atomic mass is 19.1. The van der Waals surface area contributed by atoms with E-state index in [9.17, 15) is 18.8 Å². The van der Waals surface area contributed by atoms with Crippen LogP contribution in [-0.4, -0.2) is 35.6 Å². The van der Waals surface area contributed by atoms with Crippen LogP contribution in [0.1, 0.15) is 13.3 Å². The first-order valence-electron chi connectivity index (χ1n) is 9.08. The minimum Gasteiger partial charge on any atom is -0.481 e. The Hall–Kier alpha value is -3.95. The van der Waals surface area contributed by atoms with Crippen LogP contribution in [0.25, 0.3) is 0 Å². The number of nitrogens with one attached hydrogen (secondary N) is 2. The molecule has 0 unspecified atom stereocenters. The molecule has 156 valence electrons. The Bertz CT molecular complexity index is 965. The molecule has 30 heavy (non-hydrogen) atoms. The number of benzene rings is 2. The third-order valence-electron chi connectivity index (χ3n) is 4.32. The Morgan fingerprint density at radius 3 is 2.43 bits per heavy atom. The molecule has 0 radical (unpaired) electrons. The lowest BCUT2D eigenvalue weighted by molar-refractivity contribution is -0.131. The summed E-state index contributed by atoms with van der Waals surface area (Å²) in [7, 11) is 0. The van der Waals surface area contributed by atoms with E-state index in [2.05, 4.69) is 16.0 Å². The van der Waals surface area contributed by atoms with Crippen LogP contribution in [0.15, 0.2) is 59.7 Å². The van der Waals surface area contributed by atoms with Gasteiger partial charge in [0.25, 0.3) is 11.8 Å². The summed E-state index contributed by atoms with van der Waals surface area (Å²) in [5.41, 5.74) is 10.6. The third-order valence-corrected chi connectivity index (χ3v) is 4.32. The van der Waals surface area contributed by atoms with Crippen molar-refractivity contribution in [2.45, 2.75) is 25.5 Å². The van der Waals surface area contributed by atoms with Crippen LogP contribution < -0.4 is 26.3 Å². The van der Waals surface area contributed by atoms with E-state index >= 15 is 0 Å². The van der Waals surface area contributed by atoms with Gasteiger partial charge in [-0.1, -0.05) is 18.2 Å². The van der Waals surface area contributed by atoms with Gasteiger partial charge in [0.05, 0.1) is 5.69 Å². The van der Waals surface area contributed by atoms with Gasteiger partial charge in [0.2, 0.25) is 5.91 Å². The van der Waals surface area contributed by atoms with Gasteiger partial charge in [-0.15, -0.1) is 0 Å². The van der Waals surface area contributed by atoms with E-state index < -0.39 is 35.7 Å². The highest BCUT2D eigenvalue weighted by Crippen LogP contribution is 2.24. The van der Waals surface area contributed by atoms with Crippen LogP contribution in [0.4, 0.5) is 10.1 Å². The number of anilines is 1. The van der Waals surface area contributed by atoms with Gasteiger partial charge in [-0.25, -0.2) is 4.39 Å². The van der Waals surface area contributed by atoms with Crippen molar-refractivity contribution >= 4 is 29.1 Å². The van der Waals surface area contributed by atoms with E-state index in [-0.39, 0.29) is 12.1 Å². The molecule has 0 saturated heterocycles. The smallest absolute Gasteiger partial charge is 0.285 e. The summed E-state index contributed by atoms with van der Waals surface area (Å²) in [6.07, 6.45) is -0.964. The van der Waals surface area contributed by atoms with Gasteiger partial charge in [-0.2, -0.15) is 5.10 Å². The second-order valence-electron chi connectivity index (χ2n) is 6.51. The number of nitrogens with zero attached hydrogens (tertiary/aromatic N) is 2. The van der Waals surface area contributed by atoms with Crippen molar-refractivity contribution in [3.8, 4) is 5.75 Å². The van der Waals surface area contributed by atoms with Crippen molar-refractivity contribution in [1.82, 2.24) is 10.9 Å². The van der Waals surface area contributed by atoms with Crippen molar-refractivity contribution in [3.63, 3.8) is 0 Å². The van der Waals surface area contributed by atoms with E-state index in [1.54, 1.807) is 30.3 Å². The average Bonchev–Trinajstić information content (AvgIpc) is 3.20. The normalized spacial score (nSPS) is 16.4. The van der Waals surface area contributed by atoms with Crippen LogP contribution in [0.5, 0.6) is 5.75 Å². The summed E-state index contributed by atoms with van der Waals surface area (Å²) in [5, 5.41) is 5.55. The quantitative estimate of drug-likeness (QED) is 0.606.